The zero-order valence-corrected chi connectivity index (χ0v) is 8.02. The molecule has 0 radical (unpaired) electrons. The lowest BCUT2D eigenvalue weighted by atomic mass is 9.82. The number of hydrogen-bond acceptors (Lipinski definition) is 1. The third-order valence-corrected chi connectivity index (χ3v) is 2.49. The van der Waals surface area contributed by atoms with Crippen molar-refractivity contribution in [3.05, 3.63) is 29.6 Å². The van der Waals surface area contributed by atoms with Crippen LogP contribution in [0.2, 0.25) is 0 Å². The van der Waals surface area contributed by atoms with Crippen LogP contribution in [0, 0.1) is 11.2 Å². The number of fused-ring (bicyclic) bond motifs is 1. The monoisotopic (exact) mass is 179 g/mol. The third-order valence-electron chi connectivity index (χ3n) is 2.49. The number of halogens is 1. The fraction of sp³-hybridized carbons (Fsp3) is 0.455. The summed E-state index contributed by atoms with van der Waals surface area (Å²) in [5.41, 5.74) is 2.41. The summed E-state index contributed by atoms with van der Waals surface area (Å²) in [6.07, 6.45) is 0.951. The van der Waals surface area contributed by atoms with Gasteiger partial charge in [0.1, 0.15) is 5.82 Å². The van der Waals surface area contributed by atoms with E-state index in [4.69, 9.17) is 0 Å². The van der Waals surface area contributed by atoms with Gasteiger partial charge in [-0.25, -0.2) is 4.39 Å². The maximum atomic E-state index is 12.9. The quantitative estimate of drug-likeness (QED) is 0.645. The molecule has 2 heteroatoms. The van der Waals surface area contributed by atoms with Gasteiger partial charge in [-0.15, -0.1) is 0 Å². The summed E-state index contributed by atoms with van der Waals surface area (Å²) in [6.45, 7) is 5.34. The molecule has 0 fully saturated rings. The second-order valence-electron chi connectivity index (χ2n) is 4.50. The highest BCUT2D eigenvalue weighted by Gasteiger charge is 2.24. The van der Waals surface area contributed by atoms with Crippen LogP contribution in [0.15, 0.2) is 18.2 Å². The Morgan fingerprint density at radius 1 is 1.38 bits per heavy atom. The maximum Gasteiger partial charge on any atom is 0.123 e. The van der Waals surface area contributed by atoms with Gasteiger partial charge in [-0.3, -0.25) is 0 Å². The van der Waals surface area contributed by atoms with Crippen LogP contribution in [-0.2, 0) is 6.42 Å². The lowest BCUT2D eigenvalue weighted by Crippen LogP contribution is -2.30. The van der Waals surface area contributed by atoms with E-state index in [9.17, 15) is 4.39 Å². The molecule has 1 N–H and O–H groups in total. The molecule has 70 valence electrons. The molecule has 1 aromatic carbocycles. The minimum atomic E-state index is -0.141. The number of anilines is 1. The summed E-state index contributed by atoms with van der Waals surface area (Å²) >= 11 is 0. The van der Waals surface area contributed by atoms with E-state index in [1.807, 2.05) is 6.07 Å². The first-order valence-electron chi connectivity index (χ1n) is 4.59. The van der Waals surface area contributed by atoms with Gasteiger partial charge in [-0.05, 0) is 35.6 Å². The Morgan fingerprint density at radius 2 is 2.15 bits per heavy atom. The fourth-order valence-corrected chi connectivity index (χ4v) is 1.79. The molecule has 0 saturated carbocycles. The van der Waals surface area contributed by atoms with Crippen molar-refractivity contribution in [2.24, 2.45) is 5.41 Å². The van der Waals surface area contributed by atoms with Crippen LogP contribution in [0.3, 0.4) is 0 Å². The van der Waals surface area contributed by atoms with Gasteiger partial charge in [-0.2, -0.15) is 0 Å². The second-order valence-corrected chi connectivity index (χ2v) is 4.50. The van der Waals surface area contributed by atoms with Gasteiger partial charge in [0.05, 0.1) is 0 Å². The van der Waals surface area contributed by atoms with Crippen molar-refractivity contribution < 1.29 is 4.39 Å². The lowest BCUT2D eigenvalue weighted by molar-refractivity contribution is 0.378. The largest absolute Gasteiger partial charge is 0.384 e. The number of benzene rings is 1. The van der Waals surface area contributed by atoms with Gasteiger partial charge in [0.15, 0.2) is 0 Å². The summed E-state index contributed by atoms with van der Waals surface area (Å²) in [4.78, 5) is 0. The lowest BCUT2D eigenvalue weighted by Gasteiger charge is -2.32. The first-order chi connectivity index (χ1) is 6.07. The van der Waals surface area contributed by atoms with E-state index < -0.39 is 0 Å². The first-order valence-corrected chi connectivity index (χ1v) is 4.59. The highest BCUT2D eigenvalue weighted by molar-refractivity contribution is 5.53. The van der Waals surface area contributed by atoms with E-state index in [2.05, 4.69) is 19.2 Å². The van der Waals surface area contributed by atoms with E-state index in [1.54, 1.807) is 6.07 Å². The van der Waals surface area contributed by atoms with E-state index >= 15 is 0 Å². The van der Waals surface area contributed by atoms with Crippen molar-refractivity contribution in [3.63, 3.8) is 0 Å². The molecule has 13 heavy (non-hydrogen) atoms. The Hall–Kier alpha value is -1.05. The molecule has 0 aliphatic carbocycles. The molecule has 0 saturated heterocycles. The Kier molecular flexibility index (Phi) is 1.79. The van der Waals surface area contributed by atoms with Crippen molar-refractivity contribution in [3.8, 4) is 0 Å². The summed E-state index contributed by atoms with van der Waals surface area (Å²) in [5, 5.41) is 3.31. The molecular formula is C11H14FN. The molecule has 0 amide bonds. The minimum absolute atomic E-state index is 0.141. The molecule has 1 nitrogen and oxygen atoms in total. The van der Waals surface area contributed by atoms with Crippen LogP contribution < -0.4 is 5.32 Å². The van der Waals surface area contributed by atoms with Crippen LogP contribution in [0.1, 0.15) is 19.4 Å². The molecule has 0 spiro atoms. The van der Waals surface area contributed by atoms with Crippen LogP contribution >= 0.6 is 0 Å². The highest BCUT2D eigenvalue weighted by Crippen LogP contribution is 2.32. The average Bonchev–Trinajstić information content (AvgIpc) is 2.01. The normalized spacial score (nSPS) is 19.0. The van der Waals surface area contributed by atoms with Crippen LogP contribution in [0.5, 0.6) is 0 Å². The average molecular weight is 179 g/mol. The second kappa shape index (κ2) is 2.72. The standard InChI is InChI=1S/C11H14FN/c1-11(2)6-8-5-9(12)3-4-10(8)13-7-11/h3-5,13H,6-7H2,1-2H3. The van der Waals surface area contributed by atoms with Crippen LogP contribution in [0.25, 0.3) is 0 Å². The number of rotatable bonds is 0. The Bertz CT molecular complexity index is 331. The Morgan fingerprint density at radius 3 is 2.92 bits per heavy atom. The zero-order chi connectivity index (χ0) is 9.47. The van der Waals surface area contributed by atoms with Crippen molar-refractivity contribution >= 4 is 5.69 Å². The molecule has 0 atom stereocenters. The molecular weight excluding hydrogens is 165 g/mol. The SMILES string of the molecule is CC1(C)CNc2ccc(F)cc2C1. The Labute approximate surface area is 78.0 Å². The molecule has 1 aromatic rings. The van der Waals surface area contributed by atoms with Gasteiger partial charge in [-0.1, -0.05) is 13.8 Å². The molecule has 2 rings (SSSR count). The molecule has 1 aliphatic rings. The zero-order valence-electron chi connectivity index (χ0n) is 8.02. The molecule has 1 aliphatic heterocycles. The predicted molar refractivity (Wildman–Crippen MR) is 52.4 cm³/mol. The van der Waals surface area contributed by atoms with Gasteiger partial charge >= 0.3 is 0 Å². The van der Waals surface area contributed by atoms with E-state index in [0.717, 1.165) is 24.2 Å². The van der Waals surface area contributed by atoms with Crippen molar-refractivity contribution in [1.29, 1.82) is 0 Å². The van der Waals surface area contributed by atoms with E-state index in [0.29, 0.717) is 0 Å². The first kappa shape index (κ1) is 8.54. The summed E-state index contributed by atoms with van der Waals surface area (Å²) in [7, 11) is 0. The van der Waals surface area contributed by atoms with Gasteiger partial charge in [0.25, 0.3) is 0 Å². The predicted octanol–water partition coefficient (Wildman–Crippen LogP) is 2.82. The van der Waals surface area contributed by atoms with Gasteiger partial charge < -0.3 is 5.32 Å². The highest BCUT2D eigenvalue weighted by atomic mass is 19.1. The summed E-state index contributed by atoms with van der Waals surface area (Å²) in [6, 6.07) is 4.95. The van der Waals surface area contributed by atoms with Crippen LogP contribution in [0.4, 0.5) is 10.1 Å². The number of hydrogen-bond donors (Lipinski definition) is 1. The topological polar surface area (TPSA) is 12.0 Å². The smallest absolute Gasteiger partial charge is 0.123 e. The maximum absolute atomic E-state index is 12.9. The molecule has 0 aromatic heterocycles. The minimum Gasteiger partial charge on any atom is -0.384 e. The van der Waals surface area contributed by atoms with Crippen molar-refractivity contribution in [1.82, 2.24) is 0 Å². The molecule has 0 unspecified atom stereocenters. The Balaban J connectivity index is 2.38. The van der Waals surface area contributed by atoms with E-state index in [-0.39, 0.29) is 11.2 Å². The molecule has 0 bridgehead atoms. The van der Waals surface area contributed by atoms with Gasteiger partial charge in [0.2, 0.25) is 0 Å². The van der Waals surface area contributed by atoms with E-state index in [1.165, 1.54) is 6.07 Å². The van der Waals surface area contributed by atoms with Crippen molar-refractivity contribution in [2.45, 2.75) is 20.3 Å². The third kappa shape index (κ3) is 1.67. The summed E-state index contributed by atoms with van der Waals surface area (Å²) < 4.78 is 12.9. The van der Waals surface area contributed by atoms with Gasteiger partial charge in [0, 0.05) is 12.2 Å². The summed E-state index contributed by atoms with van der Waals surface area (Å²) in [5.74, 6) is -0.141. The number of nitrogens with one attached hydrogen (secondary N) is 1. The van der Waals surface area contributed by atoms with Crippen molar-refractivity contribution in [2.75, 3.05) is 11.9 Å². The molecule has 1 heterocycles. The van der Waals surface area contributed by atoms with Crippen LogP contribution in [-0.4, -0.2) is 6.54 Å². The fourth-order valence-electron chi connectivity index (χ4n) is 1.79.